The molecule has 0 amide bonds. The normalized spacial score (nSPS) is 14.8. The number of methoxy groups -OCH3 is 2. The van der Waals surface area contributed by atoms with Crippen LogP contribution in [0.5, 0.6) is 11.5 Å². The molecule has 0 atom stereocenters. The molecule has 0 spiro atoms. The Hall–Kier alpha value is -5.49. The summed E-state index contributed by atoms with van der Waals surface area (Å²) in [6, 6.07) is 53.1. The van der Waals surface area contributed by atoms with Gasteiger partial charge >= 0.3 is 0 Å². The van der Waals surface area contributed by atoms with E-state index in [2.05, 4.69) is 20.4 Å². The van der Waals surface area contributed by atoms with Crippen LogP contribution in [0.3, 0.4) is 0 Å². The Labute approximate surface area is 387 Å². The molecule has 0 radical (unpaired) electrons. The second kappa shape index (κ2) is 21.3. The molecule has 8 nitrogen and oxygen atoms in total. The van der Waals surface area contributed by atoms with Crippen molar-refractivity contribution >= 4 is 57.6 Å². The molecular formula is C52H55ClN4O4S2. The highest BCUT2D eigenvalue weighted by Crippen LogP contribution is 2.43. The van der Waals surface area contributed by atoms with Gasteiger partial charge in [0.2, 0.25) is 0 Å². The summed E-state index contributed by atoms with van der Waals surface area (Å²) in [5.41, 5.74) is 3.38. The molecule has 0 aromatic heterocycles. The lowest BCUT2D eigenvalue weighted by Gasteiger charge is -2.43. The number of aliphatic hydroxyl groups is 2. The molecule has 8 rings (SSSR count). The molecule has 326 valence electrons. The zero-order chi connectivity index (χ0) is 44.2. The number of halogens is 1. The Bertz CT molecular complexity index is 2300. The van der Waals surface area contributed by atoms with Crippen molar-refractivity contribution in [2.45, 2.75) is 36.9 Å². The van der Waals surface area contributed by atoms with Crippen LogP contribution in [0.1, 0.15) is 47.9 Å². The van der Waals surface area contributed by atoms with Gasteiger partial charge in [-0.05, 0) is 121 Å². The summed E-state index contributed by atoms with van der Waals surface area (Å²) < 4.78 is 10.8. The van der Waals surface area contributed by atoms with Crippen LogP contribution in [0.4, 0.5) is 11.4 Å². The number of ether oxygens (including phenoxy) is 2. The fraction of sp³-hybridized carbons (Fsp3) is 0.269. The average molecular weight is 900 g/mol. The second-order valence-corrected chi connectivity index (χ2v) is 17.2. The largest absolute Gasteiger partial charge is 0.497 e. The predicted octanol–water partition coefficient (Wildman–Crippen LogP) is 10.7. The van der Waals surface area contributed by atoms with E-state index in [0.29, 0.717) is 21.0 Å². The van der Waals surface area contributed by atoms with Gasteiger partial charge in [0.1, 0.15) is 22.7 Å². The first-order valence-corrected chi connectivity index (χ1v) is 22.6. The molecule has 4 N–H and O–H groups in total. The molecule has 6 aromatic carbocycles. The molecule has 0 aliphatic carbocycles. The van der Waals surface area contributed by atoms with E-state index in [0.717, 1.165) is 91.2 Å². The minimum atomic E-state index is -1.04. The number of likely N-dealkylation sites (tertiary alicyclic amines) is 2. The summed E-state index contributed by atoms with van der Waals surface area (Å²) in [5.74, 6) is 1.62. The molecule has 6 aromatic rings. The maximum atomic E-state index is 12.1. The van der Waals surface area contributed by atoms with Gasteiger partial charge in [0.05, 0.1) is 19.9 Å². The lowest BCUT2D eigenvalue weighted by Crippen LogP contribution is -2.47. The number of anilines is 2. The van der Waals surface area contributed by atoms with Crippen LogP contribution in [0.2, 0.25) is 5.02 Å². The number of thiocarbonyl (C=S) groups is 2. The van der Waals surface area contributed by atoms with Crippen LogP contribution < -0.4 is 20.1 Å². The summed E-state index contributed by atoms with van der Waals surface area (Å²) >= 11 is 17.3. The topological polar surface area (TPSA) is 89.5 Å². The Morgan fingerprint density at radius 1 is 0.540 bits per heavy atom. The van der Waals surface area contributed by atoms with Crippen molar-refractivity contribution < 1.29 is 19.7 Å². The number of hydrogen-bond donors (Lipinski definition) is 4. The van der Waals surface area contributed by atoms with Crippen molar-refractivity contribution in [3.63, 3.8) is 0 Å². The van der Waals surface area contributed by atoms with Gasteiger partial charge in [-0.15, -0.1) is 0 Å². The van der Waals surface area contributed by atoms with Crippen molar-refractivity contribution in [2.24, 2.45) is 11.8 Å². The standard InChI is InChI=1S/C27H30N2O3S.C25H25ClN2OS/c1-31-23-13-14-25(32-2)24(19-23)28-26(33)29-17-15-22(16-18-29)27(30,20-9-5-3-6-10-20)21-11-7-4-8-12-21;26-22-11-13-23(14-12-22)27-24(30)28-17-15-21(16-18-28)25(29,19-7-3-1-4-8-19)20-9-5-2-6-10-20/h3-14,19,22,30H,15-18H2,1-2H3,(H,28,33);1-14,21,29H,15-18H2,(H,27,30). The van der Waals surface area contributed by atoms with Crippen LogP contribution in [-0.4, -0.2) is 70.6 Å². The van der Waals surface area contributed by atoms with Crippen LogP contribution in [0.15, 0.2) is 164 Å². The molecule has 2 heterocycles. The van der Waals surface area contributed by atoms with Crippen molar-refractivity contribution in [3.05, 3.63) is 191 Å². The lowest BCUT2D eigenvalue weighted by atomic mass is 9.72. The molecule has 2 fully saturated rings. The Morgan fingerprint density at radius 3 is 1.29 bits per heavy atom. The molecule has 63 heavy (non-hydrogen) atoms. The van der Waals surface area contributed by atoms with Gasteiger partial charge < -0.3 is 40.1 Å². The zero-order valence-electron chi connectivity index (χ0n) is 35.7. The van der Waals surface area contributed by atoms with Crippen LogP contribution in [0, 0.1) is 11.8 Å². The molecular weight excluding hydrogens is 844 g/mol. The van der Waals surface area contributed by atoms with Gasteiger partial charge in [-0.1, -0.05) is 133 Å². The maximum Gasteiger partial charge on any atom is 0.173 e. The third-order valence-corrected chi connectivity index (χ3v) is 13.3. The highest BCUT2D eigenvalue weighted by molar-refractivity contribution is 7.80. The Kier molecular flexibility index (Phi) is 15.4. The van der Waals surface area contributed by atoms with E-state index < -0.39 is 11.2 Å². The van der Waals surface area contributed by atoms with E-state index in [9.17, 15) is 10.2 Å². The first kappa shape index (κ1) is 45.5. The molecule has 0 bridgehead atoms. The minimum absolute atomic E-state index is 0.0766. The van der Waals surface area contributed by atoms with E-state index in [1.54, 1.807) is 14.2 Å². The fourth-order valence-electron chi connectivity index (χ4n) is 8.89. The Morgan fingerprint density at radius 2 is 0.921 bits per heavy atom. The first-order chi connectivity index (χ1) is 30.6. The van der Waals surface area contributed by atoms with Gasteiger partial charge in [0, 0.05) is 43.0 Å². The fourth-order valence-corrected chi connectivity index (χ4v) is 9.61. The molecule has 11 heteroatoms. The van der Waals surface area contributed by atoms with Crippen LogP contribution in [-0.2, 0) is 11.2 Å². The van der Waals surface area contributed by atoms with Crippen molar-refractivity contribution in [3.8, 4) is 11.5 Å². The van der Waals surface area contributed by atoms with E-state index in [1.165, 1.54) is 0 Å². The van der Waals surface area contributed by atoms with Gasteiger partial charge in [-0.3, -0.25) is 0 Å². The van der Waals surface area contributed by atoms with Gasteiger partial charge in [0.25, 0.3) is 0 Å². The lowest BCUT2D eigenvalue weighted by molar-refractivity contribution is -0.00647. The maximum absolute atomic E-state index is 12.1. The van der Waals surface area contributed by atoms with E-state index in [4.69, 9.17) is 45.5 Å². The van der Waals surface area contributed by atoms with E-state index in [1.807, 2.05) is 164 Å². The number of nitrogens with one attached hydrogen (secondary N) is 2. The monoisotopic (exact) mass is 898 g/mol. The zero-order valence-corrected chi connectivity index (χ0v) is 38.1. The SMILES string of the molecule is COc1ccc(OC)c(NC(=S)N2CCC(C(O)(c3ccccc3)c3ccccc3)CC2)c1.OC(c1ccccc1)(c1ccccc1)C1CCN(C(=S)Nc2ccc(Cl)cc2)CC1. The van der Waals surface area contributed by atoms with Gasteiger partial charge in [0.15, 0.2) is 10.2 Å². The number of piperidine rings is 2. The molecule has 2 aliphatic heterocycles. The number of rotatable bonds is 10. The van der Waals surface area contributed by atoms with Crippen molar-refractivity contribution in [2.75, 3.05) is 51.0 Å². The summed E-state index contributed by atoms with van der Waals surface area (Å²) in [6.45, 7) is 3.10. The summed E-state index contributed by atoms with van der Waals surface area (Å²) in [6.07, 6.45) is 3.33. The molecule has 2 aliphatic rings. The first-order valence-electron chi connectivity index (χ1n) is 21.4. The van der Waals surface area contributed by atoms with Crippen molar-refractivity contribution in [1.82, 2.24) is 9.80 Å². The highest BCUT2D eigenvalue weighted by atomic mass is 35.5. The smallest absolute Gasteiger partial charge is 0.173 e. The quantitative estimate of drug-likeness (QED) is 0.0997. The summed E-state index contributed by atoms with van der Waals surface area (Å²) in [7, 11) is 3.27. The second-order valence-electron chi connectivity index (χ2n) is 16.0. The number of benzene rings is 6. The van der Waals surface area contributed by atoms with Gasteiger partial charge in [-0.25, -0.2) is 0 Å². The molecule has 0 unspecified atom stereocenters. The summed E-state index contributed by atoms with van der Waals surface area (Å²) in [4.78, 5) is 4.33. The Balaban J connectivity index is 0.000000190. The third kappa shape index (κ3) is 10.7. The molecule has 2 saturated heterocycles. The minimum Gasteiger partial charge on any atom is -0.497 e. The van der Waals surface area contributed by atoms with Crippen molar-refractivity contribution in [1.29, 1.82) is 0 Å². The molecule has 0 saturated carbocycles. The van der Waals surface area contributed by atoms with Crippen LogP contribution in [0.25, 0.3) is 0 Å². The summed E-state index contributed by atoms with van der Waals surface area (Å²) in [5, 5.41) is 32.7. The average Bonchev–Trinajstić information content (AvgIpc) is 3.35. The number of nitrogens with zero attached hydrogens (tertiary/aromatic N) is 2. The highest BCUT2D eigenvalue weighted by Gasteiger charge is 2.43. The number of hydrogen-bond acceptors (Lipinski definition) is 6. The predicted molar refractivity (Wildman–Crippen MR) is 264 cm³/mol. The van der Waals surface area contributed by atoms with Crippen LogP contribution >= 0.6 is 36.0 Å². The third-order valence-electron chi connectivity index (χ3n) is 12.3. The van der Waals surface area contributed by atoms with E-state index >= 15 is 0 Å². The van der Waals surface area contributed by atoms with Gasteiger partial charge in [-0.2, -0.15) is 0 Å². The van der Waals surface area contributed by atoms with E-state index in [-0.39, 0.29) is 11.8 Å².